The summed E-state index contributed by atoms with van der Waals surface area (Å²) in [5.41, 5.74) is 7.93. The lowest BCUT2D eigenvalue weighted by molar-refractivity contribution is -0.123. The van der Waals surface area contributed by atoms with Crippen LogP contribution in [0.2, 0.25) is 0 Å². The molecule has 0 aliphatic heterocycles. The highest BCUT2D eigenvalue weighted by atomic mass is 16.5. The molecule has 4 rings (SSSR count). The summed E-state index contributed by atoms with van der Waals surface area (Å²) in [6.45, 7) is 0. The number of aromatic amines is 1. The molecule has 6 nitrogen and oxygen atoms in total. The summed E-state index contributed by atoms with van der Waals surface area (Å²) in [4.78, 5) is 19.7. The minimum Gasteiger partial charge on any atom is -0.457 e. The molecule has 1 fully saturated rings. The van der Waals surface area contributed by atoms with Crippen molar-refractivity contribution < 1.29 is 9.53 Å². The van der Waals surface area contributed by atoms with E-state index < -0.39 is 6.04 Å². The Morgan fingerprint density at radius 1 is 1.18 bits per heavy atom. The topological polar surface area (TPSA) is 93.0 Å². The quantitative estimate of drug-likeness (QED) is 0.610. The number of H-pyrrole nitrogens is 1. The summed E-state index contributed by atoms with van der Waals surface area (Å²) in [6.07, 6.45) is 9.84. The fourth-order valence-corrected chi connectivity index (χ4v) is 3.75. The Kier molecular flexibility index (Phi) is 5.58. The van der Waals surface area contributed by atoms with Crippen molar-refractivity contribution in [2.45, 2.75) is 50.6 Å². The van der Waals surface area contributed by atoms with E-state index in [4.69, 9.17) is 10.5 Å². The van der Waals surface area contributed by atoms with Crippen LogP contribution in [-0.2, 0) is 11.2 Å². The number of nitrogens with zero attached hydrogens (tertiary/aromatic N) is 1. The van der Waals surface area contributed by atoms with E-state index in [2.05, 4.69) is 15.3 Å². The highest BCUT2D eigenvalue weighted by Crippen LogP contribution is 2.28. The minimum atomic E-state index is -0.534. The molecule has 2 heterocycles. The zero-order valence-electron chi connectivity index (χ0n) is 15.9. The highest BCUT2D eigenvalue weighted by molar-refractivity contribution is 5.83. The molecule has 2 aromatic heterocycles. The van der Waals surface area contributed by atoms with Crippen LogP contribution < -0.4 is 15.8 Å². The van der Waals surface area contributed by atoms with Crippen molar-refractivity contribution in [1.29, 1.82) is 0 Å². The van der Waals surface area contributed by atoms with Crippen molar-refractivity contribution in [1.82, 2.24) is 15.3 Å². The first kappa shape index (κ1) is 18.5. The molecule has 146 valence electrons. The van der Waals surface area contributed by atoms with Crippen LogP contribution >= 0.6 is 0 Å². The van der Waals surface area contributed by atoms with Crippen LogP contribution in [0.25, 0.3) is 11.0 Å². The molecule has 0 radical (unpaired) electrons. The number of benzene rings is 1. The van der Waals surface area contributed by atoms with Gasteiger partial charge in [0.2, 0.25) is 5.91 Å². The van der Waals surface area contributed by atoms with Gasteiger partial charge >= 0.3 is 0 Å². The first-order chi connectivity index (χ1) is 13.7. The Bertz CT molecular complexity index is 929. The van der Waals surface area contributed by atoms with Gasteiger partial charge in [0, 0.05) is 18.4 Å². The SMILES string of the molecule is NC(Cc1ccc(Oc2ccnc3[nH]ccc23)cc1)C(=O)NC1CCCCC1. The molecule has 1 saturated carbocycles. The van der Waals surface area contributed by atoms with E-state index in [1.165, 1.54) is 19.3 Å². The van der Waals surface area contributed by atoms with E-state index in [0.717, 1.165) is 40.9 Å². The predicted octanol–water partition coefficient (Wildman–Crippen LogP) is 3.67. The van der Waals surface area contributed by atoms with Gasteiger partial charge in [0.05, 0.1) is 11.4 Å². The first-order valence-corrected chi connectivity index (χ1v) is 9.94. The average Bonchev–Trinajstić information content (AvgIpc) is 3.20. The third-order valence-corrected chi connectivity index (χ3v) is 5.32. The second-order valence-electron chi connectivity index (χ2n) is 7.45. The van der Waals surface area contributed by atoms with Crippen molar-refractivity contribution >= 4 is 16.9 Å². The minimum absolute atomic E-state index is 0.0566. The van der Waals surface area contributed by atoms with Gasteiger partial charge in [-0.2, -0.15) is 0 Å². The van der Waals surface area contributed by atoms with Gasteiger partial charge in [0.25, 0.3) is 0 Å². The van der Waals surface area contributed by atoms with Crippen molar-refractivity contribution in [3.8, 4) is 11.5 Å². The number of hydrogen-bond acceptors (Lipinski definition) is 4. The number of pyridine rings is 1. The highest BCUT2D eigenvalue weighted by Gasteiger charge is 2.20. The number of carbonyl (C=O) groups is 1. The maximum atomic E-state index is 12.4. The molecule has 3 aromatic rings. The Balaban J connectivity index is 1.35. The Labute approximate surface area is 164 Å². The van der Waals surface area contributed by atoms with Crippen molar-refractivity contribution in [2.75, 3.05) is 0 Å². The lowest BCUT2D eigenvalue weighted by Crippen LogP contribution is -2.46. The summed E-state index contributed by atoms with van der Waals surface area (Å²) in [5.74, 6) is 1.43. The molecule has 0 spiro atoms. The molecule has 1 atom stereocenters. The van der Waals surface area contributed by atoms with Crippen molar-refractivity contribution in [2.24, 2.45) is 5.73 Å². The monoisotopic (exact) mass is 378 g/mol. The molecule has 6 heteroatoms. The zero-order valence-corrected chi connectivity index (χ0v) is 15.9. The number of aromatic nitrogens is 2. The van der Waals surface area contributed by atoms with Crippen LogP contribution in [0.5, 0.6) is 11.5 Å². The largest absolute Gasteiger partial charge is 0.457 e. The molecule has 1 aliphatic rings. The molecule has 1 amide bonds. The summed E-state index contributed by atoms with van der Waals surface area (Å²) in [5, 5.41) is 4.04. The number of nitrogens with one attached hydrogen (secondary N) is 2. The summed E-state index contributed by atoms with van der Waals surface area (Å²) in [7, 11) is 0. The van der Waals surface area contributed by atoms with Gasteiger partial charge in [0.15, 0.2) is 0 Å². The molecule has 0 saturated heterocycles. The Morgan fingerprint density at radius 2 is 1.96 bits per heavy atom. The molecule has 4 N–H and O–H groups in total. The van der Waals surface area contributed by atoms with Gasteiger partial charge in [-0.15, -0.1) is 0 Å². The van der Waals surface area contributed by atoms with Gasteiger partial charge in [-0.1, -0.05) is 31.4 Å². The van der Waals surface area contributed by atoms with E-state index in [1.807, 2.05) is 42.6 Å². The number of ether oxygens (including phenoxy) is 1. The molecule has 1 unspecified atom stereocenters. The number of nitrogens with two attached hydrogens (primary N) is 1. The average molecular weight is 378 g/mol. The van der Waals surface area contributed by atoms with Crippen LogP contribution in [0.3, 0.4) is 0 Å². The van der Waals surface area contributed by atoms with Gasteiger partial charge in [-0.25, -0.2) is 4.98 Å². The zero-order chi connectivity index (χ0) is 19.3. The van der Waals surface area contributed by atoms with Crippen LogP contribution in [0.1, 0.15) is 37.7 Å². The van der Waals surface area contributed by atoms with E-state index in [0.29, 0.717) is 6.42 Å². The molecular formula is C22H26N4O2. The number of rotatable bonds is 6. The lowest BCUT2D eigenvalue weighted by atomic mass is 9.95. The van der Waals surface area contributed by atoms with E-state index in [-0.39, 0.29) is 11.9 Å². The smallest absolute Gasteiger partial charge is 0.237 e. The number of amides is 1. The van der Waals surface area contributed by atoms with Gasteiger partial charge in [0.1, 0.15) is 17.1 Å². The molecule has 28 heavy (non-hydrogen) atoms. The maximum absolute atomic E-state index is 12.4. The molecule has 1 aliphatic carbocycles. The van der Waals surface area contributed by atoms with E-state index in [9.17, 15) is 4.79 Å². The molecular weight excluding hydrogens is 352 g/mol. The number of fused-ring (bicyclic) bond motifs is 1. The van der Waals surface area contributed by atoms with E-state index >= 15 is 0 Å². The second kappa shape index (κ2) is 8.44. The Morgan fingerprint density at radius 3 is 2.75 bits per heavy atom. The van der Waals surface area contributed by atoms with Gasteiger partial charge in [-0.05, 0) is 49.1 Å². The fourth-order valence-electron chi connectivity index (χ4n) is 3.75. The lowest BCUT2D eigenvalue weighted by Gasteiger charge is -2.24. The van der Waals surface area contributed by atoms with Crippen molar-refractivity contribution in [3.63, 3.8) is 0 Å². The summed E-state index contributed by atoms with van der Waals surface area (Å²) in [6, 6.07) is 11.3. The summed E-state index contributed by atoms with van der Waals surface area (Å²) >= 11 is 0. The normalized spacial score (nSPS) is 16.0. The predicted molar refractivity (Wildman–Crippen MR) is 109 cm³/mol. The number of carbonyl (C=O) groups excluding carboxylic acids is 1. The molecule has 1 aromatic carbocycles. The number of hydrogen-bond donors (Lipinski definition) is 3. The van der Waals surface area contributed by atoms with Gasteiger partial charge < -0.3 is 20.8 Å². The maximum Gasteiger partial charge on any atom is 0.237 e. The second-order valence-corrected chi connectivity index (χ2v) is 7.45. The van der Waals surface area contributed by atoms with Crippen molar-refractivity contribution in [3.05, 3.63) is 54.4 Å². The summed E-state index contributed by atoms with van der Waals surface area (Å²) < 4.78 is 5.99. The molecule has 0 bridgehead atoms. The van der Waals surface area contributed by atoms with Crippen LogP contribution in [0, 0.1) is 0 Å². The van der Waals surface area contributed by atoms with E-state index in [1.54, 1.807) is 6.20 Å². The third-order valence-electron chi connectivity index (χ3n) is 5.32. The standard InChI is InChI=1S/C22H26N4O2/c23-19(22(27)26-16-4-2-1-3-5-16)14-15-6-8-17(9-7-15)28-20-11-13-25-21-18(20)10-12-24-21/h6-13,16,19H,1-5,14,23H2,(H,24,25)(H,26,27). The van der Waals surface area contributed by atoms with Crippen LogP contribution in [0.4, 0.5) is 0 Å². The first-order valence-electron chi connectivity index (χ1n) is 9.94. The third kappa shape index (κ3) is 4.34. The fraction of sp³-hybridized carbons (Fsp3) is 0.364. The van der Waals surface area contributed by atoms with Crippen LogP contribution in [-0.4, -0.2) is 28.0 Å². The Hall–Kier alpha value is -2.86. The van der Waals surface area contributed by atoms with Crippen LogP contribution in [0.15, 0.2) is 48.8 Å². The van der Waals surface area contributed by atoms with Gasteiger partial charge in [-0.3, -0.25) is 4.79 Å².